The molecule has 0 saturated heterocycles. The van der Waals surface area contributed by atoms with Crippen molar-refractivity contribution in [2.24, 2.45) is 35.5 Å². The SMILES string of the molecule is CC1CCC(C(F)(F)OC2CCC(C3CC(F)C(C4CC(F)C(F)C(F)C4)C(F)C3)CC2)CC1. The van der Waals surface area contributed by atoms with Gasteiger partial charge < -0.3 is 4.74 Å². The molecule has 198 valence electrons. The van der Waals surface area contributed by atoms with Crippen LogP contribution in [0.4, 0.5) is 30.7 Å². The van der Waals surface area contributed by atoms with Crippen LogP contribution in [0.2, 0.25) is 0 Å². The van der Waals surface area contributed by atoms with Crippen molar-refractivity contribution in [3.8, 4) is 0 Å². The van der Waals surface area contributed by atoms with Gasteiger partial charge in [0.05, 0.1) is 12.0 Å². The molecule has 4 rings (SSSR count). The second-order valence-electron chi connectivity index (χ2n) is 11.7. The molecule has 0 aromatic rings. The van der Waals surface area contributed by atoms with Crippen LogP contribution in [0.3, 0.4) is 0 Å². The Morgan fingerprint density at radius 1 is 0.588 bits per heavy atom. The molecule has 4 aliphatic carbocycles. The number of hydrogen-bond acceptors (Lipinski definition) is 1. The molecule has 4 atom stereocenters. The summed E-state index contributed by atoms with van der Waals surface area (Å²) in [6.07, 6.45) is -8.82. The van der Waals surface area contributed by atoms with Crippen LogP contribution in [-0.2, 0) is 4.74 Å². The van der Waals surface area contributed by atoms with E-state index in [0.29, 0.717) is 44.4 Å². The fourth-order valence-corrected chi connectivity index (χ4v) is 7.26. The number of alkyl halides is 7. The van der Waals surface area contributed by atoms with Crippen LogP contribution >= 0.6 is 0 Å². The van der Waals surface area contributed by atoms with Crippen molar-refractivity contribution in [3.63, 3.8) is 0 Å². The van der Waals surface area contributed by atoms with Gasteiger partial charge in [0, 0.05) is 5.92 Å². The lowest BCUT2D eigenvalue weighted by Crippen LogP contribution is -2.47. The van der Waals surface area contributed by atoms with Crippen LogP contribution < -0.4 is 0 Å². The van der Waals surface area contributed by atoms with E-state index in [9.17, 15) is 22.0 Å². The molecule has 8 heteroatoms. The van der Waals surface area contributed by atoms with E-state index in [1.54, 1.807) is 0 Å². The summed E-state index contributed by atoms with van der Waals surface area (Å²) in [6, 6.07) is 0. The van der Waals surface area contributed by atoms with E-state index in [4.69, 9.17) is 4.74 Å². The third kappa shape index (κ3) is 5.88. The summed E-state index contributed by atoms with van der Waals surface area (Å²) in [7, 11) is 0. The molecule has 0 heterocycles. The maximum Gasteiger partial charge on any atom is 0.358 e. The molecule has 0 N–H and O–H groups in total. The molecule has 0 radical (unpaired) electrons. The highest BCUT2D eigenvalue weighted by Gasteiger charge is 2.50. The van der Waals surface area contributed by atoms with E-state index in [1.165, 1.54) is 0 Å². The quantitative estimate of drug-likeness (QED) is 0.347. The molecule has 0 aromatic carbocycles. The number of halogens is 7. The Morgan fingerprint density at radius 3 is 1.62 bits per heavy atom. The van der Waals surface area contributed by atoms with Gasteiger partial charge in [-0.2, -0.15) is 8.78 Å². The molecule has 0 bridgehead atoms. The Bertz CT molecular complexity index is 623. The first-order chi connectivity index (χ1) is 16.0. The van der Waals surface area contributed by atoms with Gasteiger partial charge in [-0.25, -0.2) is 22.0 Å². The molecular formula is C26H39F7O. The van der Waals surface area contributed by atoms with E-state index in [2.05, 4.69) is 6.92 Å². The third-order valence-corrected chi connectivity index (χ3v) is 9.38. The Morgan fingerprint density at radius 2 is 1.09 bits per heavy atom. The zero-order chi connectivity index (χ0) is 24.6. The van der Waals surface area contributed by atoms with Gasteiger partial charge in [0.2, 0.25) is 0 Å². The first-order valence-corrected chi connectivity index (χ1v) is 13.3. The van der Waals surface area contributed by atoms with Gasteiger partial charge in [0.1, 0.15) is 24.7 Å². The van der Waals surface area contributed by atoms with Crippen molar-refractivity contribution in [1.29, 1.82) is 0 Å². The summed E-state index contributed by atoms with van der Waals surface area (Å²) < 4.78 is 106. The van der Waals surface area contributed by atoms with Crippen molar-refractivity contribution in [2.75, 3.05) is 0 Å². The Labute approximate surface area is 198 Å². The van der Waals surface area contributed by atoms with Gasteiger partial charge in [-0.15, -0.1) is 0 Å². The van der Waals surface area contributed by atoms with E-state index < -0.39 is 60.8 Å². The van der Waals surface area contributed by atoms with Gasteiger partial charge in [-0.3, -0.25) is 0 Å². The minimum Gasteiger partial charge on any atom is -0.317 e. The van der Waals surface area contributed by atoms with Crippen molar-refractivity contribution in [1.82, 2.24) is 0 Å². The van der Waals surface area contributed by atoms with Crippen molar-refractivity contribution in [3.05, 3.63) is 0 Å². The van der Waals surface area contributed by atoms with E-state index >= 15 is 8.78 Å². The summed E-state index contributed by atoms with van der Waals surface area (Å²) in [5, 5.41) is 0. The molecule has 0 amide bonds. The fraction of sp³-hybridized carbons (Fsp3) is 1.00. The van der Waals surface area contributed by atoms with Crippen LogP contribution in [0, 0.1) is 35.5 Å². The van der Waals surface area contributed by atoms with Gasteiger partial charge in [-0.1, -0.05) is 19.8 Å². The lowest BCUT2D eigenvalue weighted by molar-refractivity contribution is -0.302. The van der Waals surface area contributed by atoms with Crippen molar-refractivity contribution < 1.29 is 35.5 Å². The zero-order valence-corrected chi connectivity index (χ0v) is 20.0. The molecule has 4 fully saturated rings. The second kappa shape index (κ2) is 10.8. The average Bonchev–Trinajstić information content (AvgIpc) is 2.77. The van der Waals surface area contributed by atoms with E-state index in [1.807, 2.05) is 0 Å². The Hall–Kier alpha value is -0.530. The predicted octanol–water partition coefficient (Wildman–Crippen LogP) is 8.11. The first kappa shape index (κ1) is 26.5. The van der Waals surface area contributed by atoms with Crippen LogP contribution in [0.15, 0.2) is 0 Å². The van der Waals surface area contributed by atoms with Gasteiger partial charge >= 0.3 is 6.11 Å². The van der Waals surface area contributed by atoms with E-state index in [-0.39, 0.29) is 37.5 Å². The lowest BCUT2D eigenvalue weighted by Gasteiger charge is -2.45. The highest BCUT2D eigenvalue weighted by Crippen LogP contribution is 2.49. The average molecular weight is 501 g/mol. The third-order valence-electron chi connectivity index (χ3n) is 9.38. The summed E-state index contributed by atoms with van der Waals surface area (Å²) >= 11 is 0. The normalized spacial score (nSPS) is 49.1. The minimum absolute atomic E-state index is 0.0332. The summed E-state index contributed by atoms with van der Waals surface area (Å²) in [4.78, 5) is 0. The molecule has 34 heavy (non-hydrogen) atoms. The van der Waals surface area contributed by atoms with Gasteiger partial charge in [0.15, 0.2) is 6.17 Å². The second-order valence-corrected chi connectivity index (χ2v) is 11.7. The van der Waals surface area contributed by atoms with Crippen molar-refractivity contribution >= 4 is 0 Å². The maximum absolute atomic E-state index is 15.1. The highest BCUT2D eigenvalue weighted by molar-refractivity contribution is 4.98. The number of ether oxygens (including phenoxy) is 1. The lowest BCUT2D eigenvalue weighted by atomic mass is 9.64. The smallest absolute Gasteiger partial charge is 0.317 e. The Balaban J connectivity index is 1.26. The molecule has 1 nitrogen and oxygen atoms in total. The molecule has 4 saturated carbocycles. The Kier molecular flexibility index (Phi) is 8.46. The largest absolute Gasteiger partial charge is 0.358 e. The molecule has 4 aliphatic rings. The first-order valence-electron chi connectivity index (χ1n) is 13.3. The predicted molar refractivity (Wildman–Crippen MR) is 116 cm³/mol. The number of rotatable bonds is 5. The number of hydrogen-bond donors (Lipinski definition) is 0. The van der Waals surface area contributed by atoms with Gasteiger partial charge in [-0.05, 0) is 87.9 Å². The zero-order valence-electron chi connectivity index (χ0n) is 20.0. The standard InChI is InChI=1S/C26H39F7O/c1-14-2-6-18(7-3-14)26(32,33)34-19-8-4-15(5-9-19)16-10-20(27)24(21(28)11-16)17-12-22(29)25(31)23(30)13-17/h14-25H,2-13H2,1H3. The molecule has 4 unspecified atom stereocenters. The highest BCUT2D eigenvalue weighted by atomic mass is 19.3. The van der Waals surface area contributed by atoms with Crippen molar-refractivity contribution in [2.45, 2.75) is 127 Å². The monoisotopic (exact) mass is 500 g/mol. The van der Waals surface area contributed by atoms with E-state index in [0.717, 1.165) is 12.8 Å². The molecule has 0 aromatic heterocycles. The summed E-state index contributed by atoms with van der Waals surface area (Å²) in [5.74, 6) is -2.38. The van der Waals surface area contributed by atoms with Gasteiger partial charge in [0.25, 0.3) is 0 Å². The van der Waals surface area contributed by atoms with Crippen LogP contribution in [0.5, 0.6) is 0 Å². The molecular weight excluding hydrogens is 461 g/mol. The summed E-state index contributed by atoms with van der Waals surface area (Å²) in [5.41, 5.74) is 0. The minimum atomic E-state index is -3.13. The maximum atomic E-state index is 15.1. The fourth-order valence-electron chi connectivity index (χ4n) is 7.26. The molecule has 0 aliphatic heterocycles. The van der Waals surface area contributed by atoms with Crippen LogP contribution in [0.25, 0.3) is 0 Å². The summed E-state index contributed by atoms with van der Waals surface area (Å²) in [6.45, 7) is 2.08. The molecule has 0 spiro atoms. The van der Waals surface area contributed by atoms with Crippen LogP contribution in [0.1, 0.15) is 84.0 Å². The topological polar surface area (TPSA) is 9.23 Å². The van der Waals surface area contributed by atoms with Crippen LogP contribution in [-0.4, -0.2) is 43.1 Å².